The van der Waals surface area contributed by atoms with E-state index in [0.717, 1.165) is 18.7 Å². The molecule has 0 bridgehead atoms. The topological polar surface area (TPSA) is 68.1 Å². The van der Waals surface area contributed by atoms with Crippen LogP contribution < -0.4 is 0 Å². The Labute approximate surface area is 147 Å². The largest absolute Gasteiger partial charge is 0.314 e. The third-order valence-electron chi connectivity index (χ3n) is 4.37. The Balaban J connectivity index is 1.74. The molecule has 0 aliphatic carbocycles. The highest BCUT2D eigenvalue weighted by Crippen LogP contribution is 2.29. The average molecular weight is 369 g/mol. The third kappa shape index (κ3) is 3.34. The summed E-state index contributed by atoms with van der Waals surface area (Å²) in [6, 6.07) is 6.66. The van der Waals surface area contributed by atoms with Gasteiger partial charge in [0.05, 0.1) is 4.90 Å². The summed E-state index contributed by atoms with van der Waals surface area (Å²) in [4.78, 5) is 0.251. The summed E-state index contributed by atoms with van der Waals surface area (Å²) in [5, 5.41) is 8.62. The van der Waals surface area contributed by atoms with Crippen molar-refractivity contribution in [1.29, 1.82) is 0 Å². The van der Waals surface area contributed by atoms with Crippen molar-refractivity contribution in [1.82, 2.24) is 19.1 Å². The Hall–Kier alpha value is -1.44. The first-order valence-electron chi connectivity index (χ1n) is 8.04. The van der Waals surface area contributed by atoms with Crippen LogP contribution in [0.1, 0.15) is 44.5 Å². The maximum Gasteiger partial charge on any atom is 0.243 e. The molecule has 8 heteroatoms. The summed E-state index contributed by atoms with van der Waals surface area (Å²) in [6.07, 6.45) is 3.25. The molecular weight excluding hydrogens is 348 g/mol. The fourth-order valence-electron chi connectivity index (χ4n) is 3.08. The van der Waals surface area contributed by atoms with Crippen molar-refractivity contribution >= 4 is 21.6 Å². The van der Waals surface area contributed by atoms with E-state index in [1.54, 1.807) is 24.5 Å². The van der Waals surface area contributed by atoms with Gasteiger partial charge in [-0.2, -0.15) is 4.31 Å². The predicted molar refractivity (Wildman–Crippen MR) is 92.6 cm³/mol. The van der Waals surface area contributed by atoms with E-state index in [-0.39, 0.29) is 10.9 Å². The molecule has 24 heavy (non-hydrogen) atoms. The first-order valence-corrected chi connectivity index (χ1v) is 9.86. The highest BCUT2D eigenvalue weighted by atomic mass is 35.5. The molecule has 1 aromatic heterocycles. The van der Waals surface area contributed by atoms with Gasteiger partial charge in [0.15, 0.2) is 0 Å². The van der Waals surface area contributed by atoms with Crippen molar-refractivity contribution in [2.45, 2.75) is 43.5 Å². The van der Waals surface area contributed by atoms with Crippen molar-refractivity contribution < 1.29 is 8.42 Å². The fraction of sp³-hybridized carbons (Fsp3) is 0.500. The van der Waals surface area contributed by atoms with Crippen LogP contribution in [0.2, 0.25) is 5.02 Å². The number of aromatic nitrogens is 3. The summed E-state index contributed by atoms with van der Waals surface area (Å²) < 4.78 is 29.1. The number of benzene rings is 1. The van der Waals surface area contributed by atoms with Crippen LogP contribution in [0.15, 0.2) is 35.5 Å². The average Bonchev–Trinajstić information content (AvgIpc) is 3.05. The molecule has 1 aliphatic rings. The fourth-order valence-corrected chi connectivity index (χ4v) is 4.85. The second kappa shape index (κ2) is 6.82. The van der Waals surface area contributed by atoms with Gasteiger partial charge in [-0.25, -0.2) is 8.42 Å². The molecule has 1 aromatic carbocycles. The van der Waals surface area contributed by atoms with E-state index >= 15 is 0 Å². The van der Waals surface area contributed by atoms with Gasteiger partial charge in [0.25, 0.3) is 0 Å². The van der Waals surface area contributed by atoms with Crippen molar-refractivity contribution in [3.8, 4) is 0 Å². The Kier molecular flexibility index (Phi) is 4.94. The zero-order valence-electron chi connectivity index (χ0n) is 13.8. The van der Waals surface area contributed by atoms with Crippen LogP contribution in [0.3, 0.4) is 0 Å². The predicted octanol–water partition coefficient (Wildman–Crippen LogP) is 3.08. The number of halogens is 1. The molecule has 1 aliphatic heterocycles. The van der Waals surface area contributed by atoms with E-state index < -0.39 is 10.0 Å². The summed E-state index contributed by atoms with van der Waals surface area (Å²) in [6.45, 7) is 5.13. The highest BCUT2D eigenvalue weighted by molar-refractivity contribution is 7.89. The molecule has 0 radical (unpaired) electrons. The maximum atomic E-state index is 12.7. The van der Waals surface area contributed by atoms with Gasteiger partial charge in [-0.05, 0) is 31.0 Å². The van der Waals surface area contributed by atoms with Gasteiger partial charge in [-0.15, -0.1) is 10.2 Å². The number of hydrogen-bond acceptors (Lipinski definition) is 4. The van der Waals surface area contributed by atoms with Gasteiger partial charge in [0.2, 0.25) is 10.0 Å². The lowest BCUT2D eigenvalue weighted by molar-refractivity contribution is 0.269. The molecule has 3 rings (SSSR count). The molecule has 6 nitrogen and oxygen atoms in total. The number of rotatable bonds is 4. The van der Waals surface area contributed by atoms with Crippen molar-refractivity contribution in [2.24, 2.45) is 0 Å². The Bertz CT molecular complexity index is 811. The molecular formula is C16H21ClN4O2S. The Morgan fingerprint density at radius 2 is 1.96 bits per heavy atom. The molecule has 130 valence electrons. The third-order valence-corrected chi connectivity index (χ3v) is 6.50. The normalized spacial score (nSPS) is 17.5. The summed E-state index contributed by atoms with van der Waals surface area (Å²) in [7, 11) is -3.49. The second-order valence-electron chi connectivity index (χ2n) is 6.34. The van der Waals surface area contributed by atoms with Crippen LogP contribution in [-0.2, 0) is 10.0 Å². The summed E-state index contributed by atoms with van der Waals surface area (Å²) in [5.74, 6) is 1.24. The van der Waals surface area contributed by atoms with E-state index in [1.807, 2.05) is 0 Å². The quantitative estimate of drug-likeness (QED) is 0.831. The number of piperidine rings is 1. The summed E-state index contributed by atoms with van der Waals surface area (Å²) in [5.41, 5.74) is 0. The Morgan fingerprint density at radius 1 is 1.25 bits per heavy atom. The minimum Gasteiger partial charge on any atom is -0.314 e. The van der Waals surface area contributed by atoms with E-state index in [0.29, 0.717) is 24.0 Å². The second-order valence-corrected chi connectivity index (χ2v) is 8.72. The van der Waals surface area contributed by atoms with E-state index in [4.69, 9.17) is 11.6 Å². The van der Waals surface area contributed by atoms with E-state index in [2.05, 4.69) is 28.6 Å². The zero-order chi connectivity index (χ0) is 17.3. The van der Waals surface area contributed by atoms with Crippen molar-refractivity contribution in [3.63, 3.8) is 0 Å². The number of nitrogens with zero attached hydrogens (tertiary/aromatic N) is 4. The lowest BCUT2D eigenvalue weighted by Gasteiger charge is -2.32. The van der Waals surface area contributed by atoms with Crippen LogP contribution in [0.5, 0.6) is 0 Å². The van der Waals surface area contributed by atoms with Crippen LogP contribution >= 0.6 is 11.6 Å². The molecule has 2 aromatic rings. The van der Waals surface area contributed by atoms with Crippen molar-refractivity contribution in [2.75, 3.05) is 13.1 Å². The molecule has 0 unspecified atom stereocenters. The van der Waals surface area contributed by atoms with Gasteiger partial charge in [-0.3, -0.25) is 0 Å². The minimum absolute atomic E-state index is 0.239. The molecule has 0 saturated carbocycles. The van der Waals surface area contributed by atoms with Crippen LogP contribution in [0.25, 0.3) is 0 Å². The molecule has 0 N–H and O–H groups in total. The lowest BCUT2D eigenvalue weighted by Crippen LogP contribution is -2.39. The van der Waals surface area contributed by atoms with Crippen LogP contribution in [0.4, 0.5) is 0 Å². The van der Waals surface area contributed by atoms with Crippen LogP contribution in [0, 0.1) is 0 Å². The van der Waals surface area contributed by atoms with Gasteiger partial charge in [0, 0.05) is 30.1 Å². The SMILES string of the molecule is CC(C)c1nncn1C1CCN(S(=O)(=O)c2cccc(Cl)c2)CC1. The maximum absolute atomic E-state index is 12.7. The standard InChI is InChI=1S/C16H21ClN4O2S/c1-12(2)16-19-18-11-21(16)14-6-8-20(9-7-14)24(22,23)15-5-3-4-13(17)10-15/h3-5,10-12,14H,6-9H2,1-2H3. The van der Waals surface area contributed by atoms with Crippen molar-refractivity contribution in [3.05, 3.63) is 41.4 Å². The zero-order valence-corrected chi connectivity index (χ0v) is 15.3. The monoisotopic (exact) mass is 368 g/mol. The first kappa shape index (κ1) is 17.4. The van der Waals surface area contributed by atoms with E-state index in [9.17, 15) is 8.42 Å². The highest BCUT2D eigenvalue weighted by Gasteiger charge is 2.31. The van der Waals surface area contributed by atoms with Gasteiger partial charge in [-0.1, -0.05) is 31.5 Å². The molecule has 0 amide bonds. The lowest BCUT2D eigenvalue weighted by atomic mass is 10.1. The van der Waals surface area contributed by atoms with Crippen LogP contribution in [-0.4, -0.2) is 40.6 Å². The number of hydrogen-bond donors (Lipinski definition) is 0. The molecule has 1 fully saturated rings. The Morgan fingerprint density at radius 3 is 2.58 bits per heavy atom. The van der Waals surface area contributed by atoms with Gasteiger partial charge < -0.3 is 4.57 Å². The summed E-state index contributed by atoms with van der Waals surface area (Å²) >= 11 is 5.93. The van der Waals surface area contributed by atoms with Gasteiger partial charge in [0.1, 0.15) is 12.2 Å². The number of sulfonamides is 1. The minimum atomic E-state index is -3.49. The van der Waals surface area contributed by atoms with Gasteiger partial charge >= 0.3 is 0 Å². The molecule has 0 spiro atoms. The van der Waals surface area contributed by atoms with E-state index in [1.165, 1.54) is 10.4 Å². The smallest absolute Gasteiger partial charge is 0.243 e. The molecule has 1 saturated heterocycles. The first-order chi connectivity index (χ1) is 11.4. The molecule has 0 atom stereocenters. The molecule has 2 heterocycles.